The highest BCUT2D eigenvalue weighted by Gasteiger charge is 2.71. The highest BCUT2D eigenvalue weighted by Crippen LogP contribution is 2.74. The molecule has 2 saturated heterocycles. The van der Waals surface area contributed by atoms with Crippen LogP contribution in [0.3, 0.4) is 0 Å². The maximum absolute atomic E-state index is 10.9. The van der Waals surface area contributed by atoms with Gasteiger partial charge in [0.1, 0.15) is 6.10 Å². The van der Waals surface area contributed by atoms with E-state index in [1.807, 2.05) is 0 Å². The van der Waals surface area contributed by atoms with Crippen molar-refractivity contribution >= 4 is 0 Å². The van der Waals surface area contributed by atoms with Crippen molar-refractivity contribution in [3.05, 3.63) is 11.6 Å². The number of hydrogen-bond donors (Lipinski definition) is 1. The molecular formula is C32H52O5. The van der Waals surface area contributed by atoms with Gasteiger partial charge in [0.15, 0.2) is 6.29 Å². The van der Waals surface area contributed by atoms with Crippen LogP contribution >= 0.6 is 0 Å². The van der Waals surface area contributed by atoms with Crippen LogP contribution in [0.15, 0.2) is 11.6 Å². The highest BCUT2D eigenvalue weighted by molar-refractivity contribution is 5.33. The van der Waals surface area contributed by atoms with Gasteiger partial charge in [0.05, 0.1) is 11.7 Å². The monoisotopic (exact) mass is 516 g/mol. The van der Waals surface area contributed by atoms with Gasteiger partial charge in [-0.15, -0.1) is 0 Å². The Bertz CT molecular complexity index is 972. The maximum Gasteiger partial charge on any atom is 0.200 e. The van der Waals surface area contributed by atoms with Gasteiger partial charge >= 0.3 is 0 Å². The van der Waals surface area contributed by atoms with Gasteiger partial charge in [-0.05, 0) is 98.2 Å². The molecule has 3 saturated carbocycles. The number of fused-ring (bicyclic) bond motifs is 5. The molecule has 4 aliphatic carbocycles. The van der Waals surface area contributed by atoms with Crippen molar-refractivity contribution in [1.82, 2.24) is 0 Å². The van der Waals surface area contributed by atoms with Gasteiger partial charge in [0.25, 0.3) is 0 Å². The van der Waals surface area contributed by atoms with Crippen molar-refractivity contribution in [2.45, 2.75) is 130 Å². The molecule has 0 aromatic carbocycles. The third-order valence-corrected chi connectivity index (χ3v) is 13.6. The van der Waals surface area contributed by atoms with Crippen molar-refractivity contribution in [2.24, 2.45) is 45.3 Å². The Kier molecular flexibility index (Phi) is 5.82. The molecular weight excluding hydrogens is 464 g/mol. The molecule has 0 spiro atoms. The summed E-state index contributed by atoms with van der Waals surface area (Å²) in [5.74, 6) is 1.28. The molecule has 0 aromatic heterocycles. The van der Waals surface area contributed by atoms with Gasteiger partial charge < -0.3 is 24.1 Å². The Morgan fingerprint density at radius 1 is 0.919 bits per heavy atom. The predicted octanol–water partition coefficient (Wildman–Crippen LogP) is 6.48. The van der Waals surface area contributed by atoms with Crippen LogP contribution in [-0.4, -0.2) is 49.2 Å². The smallest absolute Gasteiger partial charge is 0.200 e. The van der Waals surface area contributed by atoms with Gasteiger partial charge in [0.2, 0.25) is 5.79 Å². The summed E-state index contributed by atoms with van der Waals surface area (Å²) in [6.07, 6.45) is 11.1. The summed E-state index contributed by atoms with van der Waals surface area (Å²) in [5, 5.41) is 10.9. The topological polar surface area (TPSA) is 60.5 Å². The van der Waals surface area contributed by atoms with Gasteiger partial charge in [-0.25, -0.2) is 0 Å². The molecule has 2 heterocycles. The molecule has 0 amide bonds. The fourth-order valence-corrected chi connectivity index (χ4v) is 11.0. The summed E-state index contributed by atoms with van der Waals surface area (Å²) >= 11 is 0. The van der Waals surface area contributed by atoms with E-state index in [-0.39, 0.29) is 45.8 Å². The van der Waals surface area contributed by atoms with Gasteiger partial charge in [0, 0.05) is 26.6 Å². The lowest BCUT2D eigenvalue weighted by atomic mass is 9.41. The van der Waals surface area contributed by atoms with E-state index in [2.05, 4.69) is 54.5 Å². The van der Waals surface area contributed by atoms with Crippen LogP contribution in [0, 0.1) is 45.3 Å². The molecule has 37 heavy (non-hydrogen) atoms. The zero-order chi connectivity index (χ0) is 26.8. The minimum Gasteiger partial charge on any atom is -0.393 e. The molecule has 5 nitrogen and oxygen atoms in total. The first kappa shape index (κ1) is 26.7. The van der Waals surface area contributed by atoms with Crippen LogP contribution < -0.4 is 0 Å². The summed E-state index contributed by atoms with van der Waals surface area (Å²) < 4.78 is 24.8. The highest BCUT2D eigenvalue weighted by atomic mass is 16.8. The molecule has 11 atom stereocenters. The van der Waals surface area contributed by atoms with Crippen LogP contribution in [0.5, 0.6) is 0 Å². The van der Waals surface area contributed by atoms with Crippen molar-refractivity contribution < 1.29 is 24.1 Å². The SMILES string of the molecule is CO[C@@H]1O[C@@](OC)(C2OC2(C)C)CC1[C@@H]1CC[C@]2(C)C3=CC[C@H]4C(C)(C)[C@H](O)CC[C@]4(C)[C@H]3CC[C@@]12C. The quantitative estimate of drug-likeness (QED) is 0.342. The standard InChI is InChI=1S/C32H52O5/c1-27(2)23-11-10-22-21(29(23,5)15-14-24(27)33)13-17-30(6)20(12-16-31(22,30)7)19-18-32(35-9,36-25(19)34-8)26-28(3,4)37-26/h10,19-21,23-26,33H,11-18H2,1-9H3/t19?,20-,21-,23-,24+,25+,26?,29+,30-,31+,32+/m0/s1. The van der Waals surface area contributed by atoms with Crippen molar-refractivity contribution in [1.29, 1.82) is 0 Å². The van der Waals surface area contributed by atoms with Crippen molar-refractivity contribution in [2.75, 3.05) is 14.2 Å². The zero-order valence-electron chi connectivity index (χ0n) is 24.9. The second kappa shape index (κ2) is 8.06. The molecule has 0 radical (unpaired) electrons. The van der Waals surface area contributed by atoms with E-state index in [4.69, 9.17) is 18.9 Å². The molecule has 1 N–H and O–H groups in total. The Labute approximate surface area is 225 Å². The van der Waals surface area contributed by atoms with Crippen LogP contribution in [0.25, 0.3) is 0 Å². The van der Waals surface area contributed by atoms with E-state index < -0.39 is 5.79 Å². The Hall–Kier alpha value is -0.460. The number of rotatable bonds is 4. The zero-order valence-corrected chi connectivity index (χ0v) is 24.9. The minimum absolute atomic E-state index is 0.0239. The first-order valence-electron chi connectivity index (χ1n) is 15.0. The van der Waals surface area contributed by atoms with Gasteiger partial charge in [-0.1, -0.05) is 46.3 Å². The maximum atomic E-state index is 10.9. The third-order valence-electron chi connectivity index (χ3n) is 13.6. The molecule has 0 aromatic rings. The molecule has 5 heteroatoms. The normalized spacial score (nSPS) is 55.7. The fraction of sp³-hybridized carbons (Fsp3) is 0.938. The van der Waals surface area contributed by atoms with Gasteiger partial charge in [-0.2, -0.15) is 0 Å². The molecule has 2 aliphatic heterocycles. The lowest BCUT2D eigenvalue weighted by Crippen LogP contribution is -2.58. The van der Waals surface area contributed by atoms with E-state index in [1.54, 1.807) is 19.8 Å². The summed E-state index contributed by atoms with van der Waals surface area (Å²) in [6, 6.07) is 0. The van der Waals surface area contributed by atoms with Crippen LogP contribution in [0.2, 0.25) is 0 Å². The van der Waals surface area contributed by atoms with E-state index in [1.165, 1.54) is 25.7 Å². The number of aliphatic hydroxyl groups excluding tert-OH is 1. The molecule has 2 unspecified atom stereocenters. The van der Waals surface area contributed by atoms with E-state index >= 15 is 0 Å². The van der Waals surface area contributed by atoms with Crippen LogP contribution in [0.4, 0.5) is 0 Å². The molecule has 0 bridgehead atoms. The first-order chi connectivity index (χ1) is 17.2. The lowest BCUT2D eigenvalue weighted by Gasteiger charge is -2.64. The number of ether oxygens (including phenoxy) is 4. The number of aliphatic hydroxyl groups is 1. The largest absolute Gasteiger partial charge is 0.393 e. The lowest BCUT2D eigenvalue weighted by molar-refractivity contribution is -0.268. The van der Waals surface area contributed by atoms with Crippen molar-refractivity contribution in [3.63, 3.8) is 0 Å². The molecule has 210 valence electrons. The Morgan fingerprint density at radius 2 is 1.62 bits per heavy atom. The van der Waals surface area contributed by atoms with Crippen LogP contribution in [-0.2, 0) is 18.9 Å². The second-order valence-corrected chi connectivity index (χ2v) is 15.5. The number of allylic oxidation sites excluding steroid dienone is 2. The van der Waals surface area contributed by atoms with E-state index in [9.17, 15) is 5.11 Å². The predicted molar refractivity (Wildman–Crippen MR) is 144 cm³/mol. The van der Waals surface area contributed by atoms with E-state index in [0.29, 0.717) is 23.7 Å². The summed E-state index contributed by atoms with van der Waals surface area (Å²) in [4.78, 5) is 0. The summed E-state index contributed by atoms with van der Waals surface area (Å²) in [5.41, 5.74) is 2.19. The van der Waals surface area contributed by atoms with Crippen LogP contribution in [0.1, 0.15) is 99.8 Å². The number of methoxy groups -OCH3 is 2. The molecule has 6 aliphatic rings. The number of hydrogen-bond acceptors (Lipinski definition) is 5. The summed E-state index contributed by atoms with van der Waals surface area (Å²) in [6.45, 7) is 16.6. The third kappa shape index (κ3) is 3.33. The first-order valence-corrected chi connectivity index (χ1v) is 15.0. The average Bonchev–Trinajstić information content (AvgIpc) is 3.20. The van der Waals surface area contributed by atoms with E-state index in [0.717, 1.165) is 25.7 Å². The Morgan fingerprint density at radius 3 is 2.24 bits per heavy atom. The molecule has 6 rings (SSSR count). The number of epoxide rings is 1. The second-order valence-electron chi connectivity index (χ2n) is 15.5. The van der Waals surface area contributed by atoms with Gasteiger partial charge in [-0.3, -0.25) is 0 Å². The minimum atomic E-state index is -0.722. The Balaban J connectivity index is 1.32. The average molecular weight is 517 g/mol. The summed E-state index contributed by atoms with van der Waals surface area (Å²) in [7, 11) is 3.56. The fourth-order valence-electron chi connectivity index (χ4n) is 11.0. The van der Waals surface area contributed by atoms with Crippen molar-refractivity contribution in [3.8, 4) is 0 Å². The molecule has 5 fully saturated rings.